The Kier molecular flexibility index (Phi) is 4.29. The van der Waals surface area contributed by atoms with Crippen LogP contribution < -0.4 is 11.1 Å². The first kappa shape index (κ1) is 14.1. The molecule has 1 heterocycles. The number of amides is 1. The zero-order chi connectivity index (χ0) is 14.0. The standard InChI is InChI=1S/C12H8BrCl2N3O/c13-7-1-2-9(11(15)10(7)14)18-12(19)6-3-4-17-5-8(6)16/h1-5H,16H2,(H,18,19). The number of hydrogen-bond acceptors (Lipinski definition) is 3. The Morgan fingerprint density at radius 2 is 2.00 bits per heavy atom. The Hall–Kier alpha value is -1.30. The molecule has 98 valence electrons. The number of nitrogen functional groups attached to an aromatic ring is 1. The molecule has 0 saturated heterocycles. The zero-order valence-electron chi connectivity index (χ0n) is 9.45. The van der Waals surface area contributed by atoms with Gasteiger partial charge < -0.3 is 11.1 Å². The molecule has 0 aliphatic heterocycles. The monoisotopic (exact) mass is 359 g/mol. The number of pyridine rings is 1. The van der Waals surface area contributed by atoms with Crippen LogP contribution in [-0.4, -0.2) is 10.9 Å². The van der Waals surface area contributed by atoms with Crippen molar-refractivity contribution >= 4 is 56.4 Å². The molecule has 0 fully saturated rings. The van der Waals surface area contributed by atoms with Crippen molar-refractivity contribution in [2.24, 2.45) is 0 Å². The van der Waals surface area contributed by atoms with E-state index in [1.54, 1.807) is 12.1 Å². The van der Waals surface area contributed by atoms with Crippen LogP contribution in [0.4, 0.5) is 11.4 Å². The van der Waals surface area contributed by atoms with Crippen LogP contribution in [0.3, 0.4) is 0 Å². The third-order valence-electron chi connectivity index (χ3n) is 2.38. The number of carbonyl (C=O) groups is 1. The van der Waals surface area contributed by atoms with Crippen molar-refractivity contribution in [2.75, 3.05) is 11.1 Å². The molecule has 0 aliphatic carbocycles. The van der Waals surface area contributed by atoms with Gasteiger partial charge in [0.05, 0.1) is 33.2 Å². The quantitative estimate of drug-likeness (QED) is 0.795. The number of anilines is 2. The third-order valence-corrected chi connectivity index (χ3v) is 4.15. The van der Waals surface area contributed by atoms with Crippen LogP contribution >= 0.6 is 39.1 Å². The van der Waals surface area contributed by atoms with E-state index < -0.39 is 0 Å². The lowest BCUT2D eigenvalue weighted by Gasteiger charge is -2.10. The first-order chi connectivity index (χ1) is 9.00. The van der Waals surface area contributed by atoms with E-state index in [4.69, 9.17) is 28.9 Å². The van der Waals surface area contributed by atoms with Gasteiger partial charge in [0.15, 0.2) is 0 Å². The second-order valence-corrected chi connectivity index (χ2v) is 5.25. The Morgan fingerprint density at radius 3 is 2.68 bits per heavy atom. The van der Waals surface area contributed by atoms with Gasteiger partial charge in [-0.25, -0.2) is 0 Å². The molecular weight excluding hydrogens is 353 g/mol. The van der Waals surface area contributed by atoms with Crippen LogP contribution in [0.15, 0.2) is 35.1 Å². The van der Waals surface area contributed by atoms with Crippen molar-refractivity contribution in [3.05, 3.63) is 50.7 Å². The van der Waals surface area contributed by atoms with Gasteiger partial charge in [0.1, 0.15) is 0 Å². The first-order valence-electron chi connectivity index (χ1n) is 5.15. The highest BCUT2D eigenvalue weighted by molar-refractivity contribution is 9.10. The summed E-state index contributed by atoms with van der Waals surface area (Å²) in [5.41, 5.74) is 6.71. The molecule has 2 aromatic rings. The van der Waals surface area contributed by atoms with Gasteiger partial charge in [0.25, 0.3) is 5.91 Å². The van der Waals surface area contributed by atoms with Gasteiger partial charge in [-0.2, -0.15) is 0 Å². The number of hydrogen-bond donors (Lipinski definition) is 2. The number of halogens is 3. The van der Waals surface area contributed by atoms with Crippen molar-refractivity contribution in [2.45, 2.75) is 0 Å². The Balaban J connectivity index is 2.30. The van der Waals surface area contributed by atoms with Crippen molar-refractivity contribution in [3.8, 4) is 0 Å². The number of nitrogens with one attached hydrogen (secondary N) is 1. The molecule has 3 N–H and O–H groups in total. The molecule has 0 aliphatic rings. The van der Waals surface area contributed by atoms with E-state index in [1.165, 1.54) is 18.5 Å². The molecule has 1 aromatic carbocycles. The zero-order valence-corrected chi connectivity index (χ0v) is 12.6. The van der Waals surface area contributed by atoms with Crippen molar-refractivity contribution in [1.82, 2.24) is 4.98 Å². The SMILES string of the molecule is Nc1cnccc1C(=O)Nc1ccc(Br)c(Cl)c1Cl. The average molecular weight is 361 g/mol. The van der Waals surface area contributed by atoms with Gasteiger partial charge >= 0.3 is 0 Å². The number of aromatic nitrogens is 1. The molecule has 1 aromatic heterocycles. The summed E-state index contributed by atoms with van der Waals surface area (Å²) in [6.45, 7) is 0. The maximum atomic E-state index is 12.1. The number of nitrogens with two attached hydrogens (primary N) is 1. The lowest BCUT2D eigenvalue weighted by atomic mass is 10.2. The summed E-state index contributed by atoms with van der Waals surface area (Å²) in [6.07, 6.45) is 2.90. The largest absolute Gasteiger partial charge is 0.397 e. The summed E-state index contributed by atoms with van der Waals surface area (Å²) in [6, 6.07) is 4.87. The summed E-state index contributed by atoms with van der Waals surface area (Å²) in [7, 11) is 0. The second kappa shape index (κ2) is 5.77. The van der Waals surface area contributed by atoms with Gasteiger partial charge in [0.2, 0.25) is 0 Å². The summed E-state index contributed by atoms with van der Waals surface area (Å²) < 4.78 is 0.653. The van der Waals surface area contributed by atoms with Gasteiger partial charge in [-0.15, -0.1) is 0 Å². The highest BCUT2D eigenvalue weighted by Gasteiger charge is 2.14. The molecule has 0 radical (unpaired) electrons. The molecule has 0 atom stereocenters. The van der Waals surface area contributed by atoms with Gasteiger partial charge in [0, 0.05) is 10.7 Å². The molecule has 19 heavy (non-hydrogen) atoms. The van der Waals surface area contributed by atoms with Crippen LogP contribution in [0.1, 0.15) is 10.4 Å². The van der Waals surface area contributed by atoms with Crippen LogP contribution in [0.5, 0.6) is 0 Å². The smallest absolute Gasteiger partial charge is 0.257 e. The Bertz CT molecular complexity index is 649. The maximum absolute atomic E-state index is 12.1. The summed E-state index contributed by atoms with van der Waals surface area (Å²) in [4.78, 5) is 15.9. The lowest BCUT2D eigenvalue weighted by molar-refractivity contribution is 0.102. The van der Waals surface area contributed by atoms with Crippen LogP contribution in [0.2, 0.25) is 10.0 Å². The molecule has 0 saturated carbocycles. The van der Waals surface area contributed by atoms with Gasteiger partial charge in [-0.3, -0.25) is 9.78 Å². The molecule has 7 heteroatoms. The fraction of sp³-hybridized carbons (Fsp3) is 0. The average Bonchev–Trinajstić information content (AvgIpc) is 2.40. The minimum atomic E-state index is -0.375. The van der Waals surface area contributed by atoms with Crippen LogP contribution in [-0.2, 0) is 0 Å². The predicted molar refractivity (Wildman–Crippen MR) is 80.8 cm³/mol. The maximum Gasteiger partial charge on any atom is 0.257 e. The summed E-state index contributed by atoms with van der Waals surface area (Å²) >= 11 is 15.3. The second-order valence-electron chi connectivity index (χ2n) is 3.64. The lowest BCUT2D eigenvalue weighted by Crippen LogP contribution is -2.14. The fourth-order valence-electron chi connectivity index (χ4n) is 1.43. The van der Waals surface area contributed by atoms with E-state index in [9.17, 15) is 4.79 Å². The normalized spacial score (nSPS) is 10.3. The minimum Gasteiger partial charge on any atom is -0.397 e. The number of nitrogens with zero attached hydrogens (tertiary/aromatic N) is 1. The molecule has 1 amide bonds. The summed E-state index contributed by atoms with van der Waals surface area (Å²) in [5, 5.41) is 3.25. The molecule has 0 unspecified atom stereocenters. The molecular formula is C12H8BrCl2N3O. The molecule has 4 nitrogen and oxygen atoms in total. The van der Waals surface area contributed by atoms with E-state index >= 15 is 0 Å². The molecule has 0 spiro atoms. The van der Waals surface area contributed by atoms with Crippen molar-refractivity contribution in [3.63, 3.8) is 0 Å². The third kappa shape index (κ3) is 3.00. The predicted octanol–water partition coefficient (Wildman–Crippen LogP) is 3.99. The number of benzene rings is 1. The minimum absolute atomic E-state index is 0.261. The van der Waals surface area contributed by atoms with E-state index in [2.05, 4.69) is 26.2 Å². The highest BCUT2D eigenvalue weighted by atomic mass is 79.9. The van der Waals surface area contributed by atoms with Crippen LogP contribution in [0, 0.1) is 0 Å². The topological polar surface area (TPSA) is 68.0 Å². The van der Waals surface area contributed by atoms with Crippen molar-refractivity contribution in [1.29, 1.82) is 0 Å². The molecule has 0 bridgehead atoms. The van der Waals surface area contributed by atoms with E-state index in [0.29, 0.717) is 26.4 Å². The van der Waals surface area contributed by atoms with Crippen LogP contribution in [0.25, 0.3) is 0 Å². The first-order valence-corrected chi connectivity index (χ1v) is 6.70. The van der Waals surface area contributed by atoms with Gasteiger partial charge in [-0.1, -0.05) is 23.2 Å². The van der Waals surface area contributed by atoms with E-state index in [-0.39, 0.29) is 10.9 Å². The van der Waals surface area contributed by atoms with Crippen molar-refractivity contribution < 1.29 is 4.79 Å². The summed E-state index contributed by atoms with van der Waals surface area (Å²) in [5.74, 6) is -0.375. The fourth-order valence-corrected chi connectivity index (χ4v) is 2.25. The Labute approximate surface area is 128 Å². The Morgan fingerprint density at radius 1 is 1.26 bits per heavy atom. The number of rotatable bonds is 2. The molecule has 2 rings (SSSR count). The highest BCUT2D eigenvalue weighted by Crippen LogP contribution is 2.36. The van der Waals surface area contributed by atoms with E-state index in [0.717, 1.165) is 0 Å². The number of carbonyl (C=O) groups excluding carboxylic acids is 1. The van der Waals surface area contributed by atoms with Gasteiger partial charge in [-0.05, 0) is 34.1 Å². The van der Waals surface area contributed by atoms with E-state index in [1.807, 2.05) is 0 Å².